The number of aromatic nitrogens is 6. The Morgan fingerprint density at radius 3 is 1.37 bits per heavy atom. The van der Waals surface area contributed by atoms with E-state index in [-0.39, 0.29) is 5.69 Å². The molecule has 0 saturated heterocycles. The summed E-state index contributed by atoms with van der Waals surface area (Å²) in [6, 6.07) is -30.6. The van der Waals surface area contributed by atoms with Crippen LogP contribution in [-0.2, 0) is 0 Å². The first-order valence-corrected chi connectivity index (χ1v) is 24.8. The molecule has 6 nitrogen and oxygen atoms in total. The molecule has 0 saturated carbocycles. The molecule has 0 amide bonds. The standard InChI is InChI=1S/C69H46N6Si/c1-5-22-47(23-6-1)67-70-68(48-40-43-53(44-41-48)76(50-24-7-2-8-25-50,51-26-9-3-10-27-51)52-28-11-4-12-29-52)72-69(71-67)75-63-38-20-15-32-56(63)58-34-21-39-65(66(58)75)74-62-37-19-16-33-57(62)59-46-49(42-45-64(59)74)73-60-35-17-13-30-54(60)55-31-14-18-36-61(55)73/h1-46H/i1D,2D,3D,4D,5D,6D,7D,8D,9D,10D,11D,12D,15D,16D,19D,20D,21D,22D,23D,24D,25D,26D,27D,28D,29D,32D,33D,34D,37D,38D,39D,40D,41D,42D,43D,44D,45D,46D. The van der Waals surface area contributed by atoms with E-state index in [1.165, 1.54) is 4.57 Å². The fourth-order valence-electron chi connectivity index (χ4n) is 9.64. The van der Waals surface area contributed by atoms with Gasteiger partial charge in [0, 0.05) is 49.1 Å². The van der Waals surface area contributed by atoms with Crippen molar-refractivity contribution in [3.63, 3.8) is 0 Å². The summed E-state index contributed by atoms with van der Waals surface area (Å²) in [5, 5.41) is -6.37. The summed E-state index contributed by atoms with van der Waals surface area (Å²) in [4.78, 5) is 13.7. The molecule has 0 aliphatic heterocycles. The van der Waals surface area contributed by atoms with Crippen molar-refractivity contribution in [3.05, 3.63) is 278 Å². The van der Waals surface area contributed by atoms with Gasteiger partial charge in [-0.25, -0.2) is 4.98 Å². The molecule has 11 aromatic carbocycles. The Bertz CT molecular complexity index is 6690. The van der Waals surface area contributed by atoms with Crippen molar-refractivity contribution in [2.75, 3.05) is 0 Å². The van der Waals surface area contributed by atoms with Crippen LogP contribution in [0.25, 0.3) is 106 Å². The van der Waals surface area contributed by atoms with Crippen molar-refractivity contribution in [1.82, 2.24) is 28.7 Å². The lowest BCUT2D eigenvalue weighted by Gasteiger charge is -2.34. The number of para-hydroxylation sites is 5. The lowest BCUT2D eigenvalue weighted by Crippen LogP contribution is -2.74. The molecule has 76 heavy (non-hydrogen) atoms. The minimum atomic E-state index is -6.57. The van der Waals surface area contributed by atoms with Gasteiger partial charge in [0.2, 0.25) is 5.95 Å². The summed E-state index contributed by atoms with van der Waals surface area (Å²) < 4.78 is 362. The molecule has 0 aliphatic rings. The van der Waals surface area contributed by atoms with E-state index in [2.05, 4.69) is 15.0 Å². The van der Waals surface area contributed by atoms with Crippen molar-refractivity contribution in [2.24, 2.45) is 0 Å². The van der Waals surface area contributed by atoms with Gasteiger partial charge in [0.15, 0.2) is 19.7 Å². The molecule has 356 valence electrons. The van der Waals surface area contributed by atoms with Crippen LogP contribution in [0.3, 0.4) is 0 Å². The normalized spacial score (nSPS) is 18.9. The number of hydrogen-bond donors (Lipinski definition) is 0. The number of hydrogen-bond acceptors (Lipinski definition) is 3. The van der Waals surface area contributed by atoms with E-state index in [1.54, 1.807) is 48.5 Å². The first-order chi connectivity index (χ1) is 53.5. The molecule has 4 aromatic heterocycles. The molecule has 0 aliphatic carbocycles. The number of rotatable bonds is 9. The SMILES string of the molecule is [2H]c1c([2H])c([2H])c(-c2nc(-c3c([2H])c([2H])c([Si](c4c([2H])c([2H])c([2H])c([2H])c4[2H])(c4c([2H])c([2H])c([2H])c([2H])c4[2H])c4c([2H])c([2H])c([2H])c([2H])c4[2H])c([2H])c3[2H])nc(-n3c4c([2H])c([2H])c([2H])c([2H])c4c4c([2H])c([2H])c([2H])c(-n5c6c([2H])c([2H])c([2H])c([2H])c6c6c([2H])c(-n7c8ccccc8c8ccccc87)c([2H])c([2H])c65)c43)n2)c([2H])c1[2H]. The third kappa shape index (κ3) is 6.69. The maximum atomic E-state index is 10.3. The largest absolute Gasteiger partial charge is 0.309 e. The maximum absolute atomic E-state index is 10.3. The summed E-state index contributed by atoms with van der Waals surface area (Å²) in [5.41, 5.74) is -5.70. The Morgan fingerprint density at radius 2 is 0.776 bits per heavy atom. The van der Waals surface area contributed by atoms with E-state index in [0.29, 0.717) is 26.4 Å². The van der Waals surface area contributed by atoms with Crippen LogP contribution in [0.5, 0.6) is 0 Å². The predicted octanol–water partition coefficient (Wildman–Crippen LogP) is 13.9. The Morgan fingerprint density at radius 1 is 0.316 bits per heavy atom. The fraction of sp³-hybridized carbons (Fsp3) is 0. The smallest absolute Gasteiger partial charge is 0.238 e. The van der Waals surface area contributed by atoms with Crippen LogP contribution in [0.4, 0.5) is 0 Å². The number of fused-ring (bicyclic) bond motifs is 9. The topological polar surface area (TPSA) is 53.5 Å². The average Bonchev–Trinajstić information content (AvgIpc) is 1.45. The second-order valence-electron chi connectivity index (χ2n) is 16.7. The van der Waals surface area contributed by atoms with Crippen LogP contribution < -0.4 is 20.7 Å². The van der Waals surface area contributed by atoms with Gasteiger partial charge in [-0.3, -0.25) is 4.57 Å². The van der Waals surface area contributed by atoms with E-state index < -0.39 is 336 Å². The van der Waals surface area contributed by atoms with Crippen LogP contribution in [-0.4, -0.2) is 36.7 Å². The number of benzene rings is 11. The molecule has 0 radical (unpaired) electrons. The van der Waals surface area contributed by atoms with Gasteiger partial charge in [0.25, 0.3) is 0 Å². The summed E-state index contributed by atoms with van der Waals surface area (Å²) in [7, 11) is -6.57. The minimum Gasteiger partial charge on any atom is -0.309 e. The van der Waals surface area contributed by atoms with Gasteiger partial charge >= 0.3 is 0 Å². The molecular weight excluding hydrogens is 941 g/mol. The zero-order valence-electron chi connectivity index (χ0n) is 76.3. The quantitative estimate of drug-likeness (QED) is 0.107. The summed E-state index contributed by atoms with van der Waals surface area (Å²) in [5.74, 6) is -3.56. The fourth-order valence-corrected chi connectivity index (χ4v) is 13.1. The Hall–Kier alpha value is -9.95. The maximum Gasteiger partial charge on any atom is 0.238 e. The summed E-state index contributed by atoms with van der Waals surface area (Å²) in [6.07, 6.45) is 0. The van der Waals surface area contributed by atoms with Crippen LogP contribution in [0, 0.1) is 0 Å². The molecule has 4 heterocycles. The molecular formula is C69H46N6Si. The minimum absolute atomic E-state index is 0.307. The lowest BCUT2D eigenvalue weighted by molar-refractivity contribution is 0.950. The zero-order chi connectivity index (χ0) is 83.2. The molecule has 0 fully saturated rings. The zero-order valence-corrected chi connectivity index (χ0v) is 39.3. The molecule has 0 atom stereocenters. The van der Waals surface area contributed by atoms with Crippen molar-refractivity contribution in [1.29, 1.82) is 0 Å². The predicted molar refractivity (Wildman–Crippen MR) is 317 cm³/mol. The lowest BCUT2D eigenvalue weighted by atomic mass is 10.1. The summed E-state index contributed by atoms with van der Waals surface area (Å²) >= 11 is 0. The van der Waals surface area contributed by atoms with E-state index >= 15 is 0 Å². The van der Waals surface area contributed by atoms with Gasteiger partial charge in [-0.15, -0.1) is 0 Å². The highest BCUT2D eigenvalue weighted by Crippen LogP contribution is 2.41. The molecule has 0 spiro atoms. The first-order valence-electron chi connectivity index (χ1n) is 41.8. The second kappa shape index (κ2) is 17.6. The van der Waals surface area contributed by atoms with Crippen LogP contribution in [0.15, 0.2) is 278 Å². The second-order valence-corrected chi connectivity index (χ2v) is 20.2. The van der Waals surface area contributed by atoms with Crippen molar-refractivity contribution >= 4 is 94.2 Å². The highest BCUT2D eigenvalue weighted by molar-refractivity contribution is 7.19. The first kappa shape index (κ1) is 20.1. The molecule has 0 bridgehead atoms. The number of nitrogens with zero attached hydrogens (tertiary/aromatic N) is 6. The van der Waals surface area contributed by atoms with Crippen molar-refractivity contribution < 1.29 is 52.1 Å². The van der Waals surface area contributed by atoms with Crippen molar-refractivity contribution in [3.8, 4) is 40.1 Å². The van der Waals surface area contributed by atoms with E-state index in [0.717, 1.165) is 4.57 Å². The van der Waals surface area contributed by atoms with Crippen LogP contribution in [0.2, 0.25) is 0 Å². The molecule has 15 aromatic rings. The average molecular weight is 1030 g/mol. The molecule has 0 unspecified atom stereocenters. The Balaban J connectivity index is 1.17. The highest BCUT2D eigenvalue weighted by Gasteiger charge is 2.41. The molecule has 15 rings (SSSR count). The Labute approximate surface area is 493 Å². The Kier molecular flexibility index (Phi) is 4.65. The monoisotopic (exact) mass is 1020 g/mol. The summed E-state index contributed by atoms with van der Waals surface area (Å²) in [6.45, 7) is 0. The highest BCUT2D eigenvalue weighted by atomic mass is 28.3. The molecule has 7 heteroatoms. The van der Waals surface area contributed by atoms with Gasteiger partial charge in [-0.1, -0.05) is 230 Å². The van der Waals surface area contributed by atoms with Gasteiger partial charge in [-0.2, -0.15) is 9.97 Å². The molecule has 0 N–H and O–H groups in total. The van der Waals surface area contributed by atoms with E-state index in [4.69, 9.17) is 19.2 Å². The van der Waals surface area contributed by atoms with Gasteiger partial charge in [0.05, 0.1) is 90.9 Å². The van der Waals surface area contributed by atoms with Gasteiger partial charge in [0.1, 0.15) is 0 Å². The van der Waals surface area contributed by atoms with Gasteiger partial charge in [-0.05, 0) is 69.1 Å². The van der Waals surface area contributed by atoms with Gasteiger partial charge < -0.3 is 9.13 Å². The van der Waals surface area contributed by atoms with E-state index in [1.807, 2.05) is 0 Å². The van der Waals surface area contributed by atoms with E-state index in [9.17, 15) is 32.9 Å². The van der Waals surface area contributed by atoms with Crippen LogP contribution in [0.1, 0.15) is 52.1 Å². The third-order valence-electron chi connectivity index (χ3n) is 12.8. The third-order valence-corrected chi connectivity index (χ3v) is 16.8. The van der Waals surface area contributed by atoms with Crippen LogP contribution >= 0.6 is 0 Å². The van der Waals surface area contributed by atoms with Crippen molar-refractivity contribution in [2.45, 2.75) is 0 Å².